The van der Waals surface area contributed by atoms with E-state index in [0.717, 1.165) is 25.1 Å². The zero-order chi connectivity index (χ0) is 18.5. The molecule has 2 atom stereocenters. The van der Waals surface area contributed by atoms with Gasteiger partial charge in [0.2, 0.25) is 0 Å². The zero-order valence-electron chi connectivity index (χ0n) is 13.9. The van der Waals surface area contributed by atoms with Crippen LogP contribution in [0.3, 0.4) is 0 Å². The molecular formula is C17H19F2N3O4. The number of rotatable bonds is 6. The summed E-state index contributed by atoms with van der Waals surface area (Å²) < 4.78 is 37.0. The van der Waals surface area contributed by atoms with Crippen LogP contribution >= 0.6 is 0 Å². The summed E-state index contributed by atoms with van der Waals surface area (Å²) in [4.78, 5) is 12.1. The lowest BCUT2D eigenvalue weighted by molar-refractivity contribution is 0.0750. The van der Waals surface area contributed by atoms with Gasteiger partial charge in [0.25, 0.3) is 5.91 Å². The summed E-state index contributed by atoms with van der Waals surface area (Å²) in [5.41, 5.74) is 0.0287. The smallest absolute Gasteiger partial charge is 0.273 e. The van der Waals surface area contributed by atoms with Gasteiger partial charge in [-0.1, -0.05) is 11.2 Å². The van der Waals surface area contributed by atoms with E-state index in [4.69, 9.17) is 9.26 Å². The molecular weight excluding hydrogens is 348 g/mol. The molecule has 1 aromatic heterocycles. The molecule has 0 unspecified atom stereocenters. The molecule has 1 aromatic carbocycles. The number of amides is 1. The summed E-state index contributed by atoms with van der Waals surface area (Å²) >= 11 is 0. The zero-order valence-corrected chi connectivity index (χ0v) is 13.9. The molecule has 1 amide bonds. The molecule has 2 aromatic rings. The van der Waals surface area contributed by atoms with E-state index in [1.807, 2.05) is 0 Å². The van der Waals surface area contributed by atoms with Gasteiger partial charge in [-0.25, -0.2) is 8.78 Å². The van der Waals surface area contributed by atoms with Gasteiger partial charge in [0.15, 0.2) is 28.8 Å². The number of nitrogens with one attached hydrogen (secondary N) is 2. The van der Waals surface area contributed by atoms with Crippen LogP contribution in [0.1, 0.15) is 22.7 Å². The van der Waals surface area contributed by atoms with E-state index >= 15 is 0 Å². The summed E-state index contributed by atoms with van der Waals surface area (Å²) in [7, 11) is 0. The number of para-hydroxylation sites is 1. The molecule has 0 radical (unpaired) electrons. The predicted octanol–water partition coefficient (Wildman–Crippen LogP) is 1.23. The average molecular weight is 367 g/mol. The van der Waals surface area contributed by atoms with Crippen LogP contribution in [0.4, 0.5) is 8.78 Å². The van der Waals surface area contributed by atoms with Crippen molar-refractivity contribution in [3.8, 4) is 5.75 Å². The number of β-amino-alcohol motifs (C(OH)–C–C–N with tert-alkyl or cyclic N) is 1. The third kappa shape index (κ3) is 4.36. The molecule has 9 heteroatoms. The highest BCUT2D eigenvalue weighted by Gasteiger charge is 2.24. The molecule has 1 aliphatic heterocycles. The van der Waals surface area contributed by atoms with E-state index in [9.17, 15) is 18.7 Å². The summed E-state index contributed by atoms with van der Waals surface area (Å²) in [5.74, 6) is -2.51. The number of carbonyl (C=O) groups is 1. The van der Waals surface area contributed by atoms with Crippen molar-refractivity contribution in [1.29, 1.82) is 0 Å². The maximum Gasteiger partial charge on any atom is 0.273 e. The molecule has 1 saturated heterocycles. The molecule has 3 rings (SSSR count). The van der Waals surface area contributed by atoms with E-state index in [0.29, 0.717) is 13.1 Å². The number of hydrogen-bond acceptors (Lipinski definition) is 6. The Morgan fingerprint density at radius 2 is 2.19 bits per heavy atom. The number of carbonyl (C=O) groups excluding carboxylic acids is 1. The Kier molecular flexibility index (Phi) is 5.79. The summed E-state index contributed by atoms with van der Waals surface area (Å²) in [6.45, 7) is 1.33. The van der Waals surface area contributed by atoms with Crippen molar-refractivity contribution in [3.05, 3.63) is 47.4 Å². The number of nitrogens with zero attached hydrogens (tertiary/aromatic N) is 1. The predicted molar refractivity (Wildman–Crippen MR) is 86.5 cm³/mol. The van der Waals surface area contributed by atoms with Crippen LogP contribution in [-0.2, 0) is 6.61 Å². The van der Waals surface area contributed by atoms with Crippen molar-refractivity contribution in [1.82, 2.24) is 15.8 Å². The summed E-state index contributed by atoms with van der Waals surface area (Å²) in [6, 6.07) is 4.72. The minimum atomic E-state index is -0.831. The number of ether oxygens (including phenoxy) is 1. The second kappa shape index (κ2) is 8.24. The van der Waals surface area contributed by atoms with Crippen molar-refractivity contribution in [3.63, 3.8) is 0 Å². The first-order valence-corrected chi connectivity index (χ1v) is 8.24. The van der Waals surface area contributed by atoms with Crippen LogP contribution < -0.4 is 15.4 Å². The molecule has 3 N–H and O–H groups in total. The Morgan fingerprint density at radius 3 is 2.92 bits per heavy atom. The monoisotopic (exact) mass is 367 g/mol. The lowest BCUT2D eigenvalue weighted by atomic mass is 9.95. The van der Waals surface area contributed by atoms with Gasteiger partial charge in [0.1, 0.15) is 6.61 Å². The second-order valence-corrected chi connectivity index (χ2v) is 6.05. The summed E-state index contributed by atoms with van der Waals surface area (Å²) in [5, 5.41) is 19.2. The van der Waals surface area contributed by atoms with E-state index in [1.165, 1.54) is 12.1 Å². The number of hydrogen-bond donors (Lipinski definition) is 3. The quantitative estimate of drug-likeness (QED) is 0.711. The van der Waals surface area contributed by atoms with Gasteiger partial charge in [0.05, 0.1) is 6.10 Å². The maximum atomic E-state index is 13.5. The SMILES string of the molecule is O=C(NC[C@@H]1CCNC[C@H]1O)c1cc(COc2c(F)cccc2F)on1. The van der Waals surface area contributed by atoms with Gasteiger partial charge < -0.3 is 25.0 Å². The second-order valence-electron chi connectivity index (χ2n) is 6.05. The molecule has 1 aliphatic rings. The molecule has 140 valence electrons. The van der Waals surface area contributed by atoms with Gasteiger partial charge >= 0.3 is 0 Å². The first-order valence-electron chi connectivity index (χ1n) is 8.24. The number of benzene rings is 1. The van der Waals surface area contributed by atoms with Crippen LogP contribution in [0.2, 0.25) is 0 Å². The molecule has 7 nitrogen and oxygen atoms in total. The first kappa shape index (κ1) is 18.3. The average Bonchev–Trinajstić information content (AvgIpc) is 3.09. The topological polar surface area (TPSA) is 96.6 Å². The third-order valence-electron chi connectivity index (χ3n) is 4.18. The fourth-order valence-corrected chi connectivity index (χ4v) is 2.70. The van der Waals surface area contributed by atoms with Crippen LogP contribution in [0.25, 0.3) is 0 Å². The Balaban J connectivity index is 1.53. The molecule has 1 fully saturated rings. The fraction of sp³-hybridized carbons (Fsp3) is 0.412. The molecule has 0 spiro atoms. The highest BCUT2D eigenvalue weighted by atomic mass is 19.1. The van der Waals surface area contributed by atoms with Crippen molar-refractivity contribution >= 4 is 5.91 Å². The third-order valence-corrected chi connectivity index (χ3v) is 4.18. The highest BCUT2D eigenvalue weighted by molar-refractivity contribution is 5.92. The number of halogens is 2. The van der Waals surface area contributed by atoms with Crippen molar-refractivity contribution in [2.45, 2.75) is 19.1 Å². The van der Waals surface area contributed by atoms with Crippen LogP contribution in [0.5, 0.6) is 5.75 Å². The van der Waals surface area contributed by atoms with E-state index < -0.39 is 29.4 Å². The van der Waals surface area contributed by atoms with E-state index in [-0.39, 0.29) is 24.0 Å². The number of aliphatic hydroxyl groups excluding tert-OH is 1. The Bertz CT molecular complexity index is 748. The maximum absolute atomic E-state index is 13.5. The molecule has 0 aliphatic carbocycles. The minimum Gasteiger partial charge on any atom is -0.479 e. The summed E-state index contributed by atoms with van der Waals surface area (Å²) in [6.07, 6.45) is 0.245. The largest absolute Gasteiger partial charge is 0.479 e. The van der Waals surface area contributed by atoms with E-state index in [1.54, 1.807) is 0 Å². The van der Waals surface area contributed by atoms with Crippen LogP contribution in [0, 0.1) is 17.6 Å². The standard InChI is InChI=1S/C17H19F2N3O4/c18-12-2-1-3-13(19)16(12)25-9-11-6-14(22-26-11)17(24)21-7-10-4-5-20-8-15(10)23/h1-3,6,10,15,20,23H,4-5,7-9H2,(H,21,24)/t10-,15+/m0/s1. The lowest BCUT2D eigenvalue weighted by Crippen LogP contribution is -2.45. The van der Waals surface area contributed by atoms with Gasteiger partial charge in [-0.2, -0.15) is 0 Å². The number of aromatic nitrogens is 1. The highest BCUT2D eigenvalue weighted by Crippen LogP contribution is 2.22. The number of piperidine rings is 1. The molecule has 26 heavy (non-hydrogen) atoms. The first-order chi connectivity index (χ1) is 12.5. The Morgan fingerprint density at radius 1 is 1.42 bits per heavy atom. The van der Waals surface area contributed by atoms with Gasteiger partial charge in [-0.05, 0) is 25.1 Å². The molecule has 2 heterocycles. The fourth-order valence-electron chi connectivity index (χ4n) is 2.70. The Labute approximate surface area is 148 Å². The lowest BCUT2D eigenvalue weighted by Gasteiger charge is -2.28. The van der Waals surface area contributed by atoms with E-state index in [2.05, 4.69) is 15.8 Å². The van der Waals surface area contributed by atoms with Crippen molar-refractivity contribution in [2.24, 2.45) is 5.92 Å². The number of aliphatic hydroxyl groups is 1. The van der Waals surface area contributed by atoms with Crippen molar-refractivity contribution < 1.29 is 27.9 Å². The van der Waals surface area contributed by atoms with Gasteiger partial charge in [-0.15, -0.1) is 0 Å². The molecule has 0 saturated carbocycles. The van der Waals surface area contributed by atoms with Gasteiger partial charge in [0, 0.05) is 25.1 Å². The van der Waals surface area contributed by atoms with Gasteiger partial charge in [-0.3, -0.25) is 4.79 Å². The van der Waals surface area contributed by atoms with Crippen molar-refractivity contribution in [2.75, 3.05) is 19.6 Å². The molecule has 0 bridgehead atoms. The Hall–Kier alpha value is -2.52. The van der Waals surface area contributed by atoms with Crippen LogP contribution in [0.15, 0.2) is 28.8 Å². The van der Waals surface area contributed by atoms with Crippen LogP contribution in [-0.4, -0.2) is 41.9 Å². The normalized spacial score (nSPS) is 20.0. The minimum absolute atomic E-state index is 0.0287.